The van der Waals surface area contributed by atoms with Gasteiger partial charge in [0, 0.05) is 24.2 Å². The van der Waals surface area contributed by atoms with Crippen molar-refractivity contribution in [1.29, 1.82) is 0 Å². The maximum Gasteiger partial charge on any atom is 0.368 e. The van der Waals surface area contributed by atoms with Crippen LogP contribution in [0.25, 0.3) is 17.1 Å². The molecule has 0 saturated carbocycles. The summed E-state index contributed by atoms with van der Waals surface area (Å²) in [5, 5.41) is 10.2. The molecule has 0 aliphatic rings. The van der Waals surface area contributed by atoms with Crippen LogP contribution in [0, 0.1) is 13.8 Å². The van der Waals surface area contributed by atoms with Crippen LogP contribution in [0.1, 0.15) is 16.7 Å². The van der Waals surface area contributed by atoms with Gasteiger partial charge in [-0.2, -0.15) is 9.36 Å². The van der Waals surface area contributed by atoms with Gasteiger partial charge in [0.15, 0.2) is 0 Å². The van der Waals surface area contributed by atoms with Crippen molar-refractivity contribution in [3.05, 3.63) is 69.1 Å². The predicted octanol–water partition coefficient (Wildman–Crippen LogP) is 2.68. The molecule has 0 saturated heterocycles. The Bertz CT molecular complexity index is 1180. The molecule has 3 aromatic heterocycles. The fraction of sp³-hybridized carbons (Fsp3) is 0.211. The molecule has 0 N–H and O–H groups in total. The van der Waals surface area contributed by atoms with Crippen LogP contribution in [0.4, 0.5) is 0 Å². The molecule has 4 aromatic rings. The average Bonchev–Trinajstić information content (AvgIpc) is 3.29. The first-order valence-corrected chi connectivity index (χ1v) is 9.50. The van der Waals surface area contributed by atoms with Gasteiger partial charge in [0.2, 0.25) is 0 Å². The van der Waals surface area contributed by atoms with E-state index >= 15 is 0 Å². The third-order valence-electron chi connectivity index (χ3n) is 4.33. The first-order valence-electron chi connectivity index (χ1n) is 8.62. The Balaban J connectivity index is 1.58. The van der Waals surface area contributed by atoms with Crippen molar-refractivity contribution in [3.63, 3.8) is 0 Å². The lowest BCUT2D eigenvalue weighted by Gasteiger charge is -2.11. The summed E-state index contributed by atoms with van der Waals surface area (Å²) in [6.45, 7) is 4.22. The largest absolute Gasteiger partial charge is 0.465 e. The van der Waals surface area contributed by atoms with Gasteiger partial charge in [0.05, 0.1) is 11.4 Å². The molecule has 28 heavy (non-hydrogen) atoms. The second-order valence-electron chi connectivity index (χ2n) is 6.38. The minimum absolute atomic E-state index is 0.263. The van der Waals surface area contributed by atoms with Crippen LogP contribution in [-0.4, -0.2) is 29.8 Å². The summed E-state index contributed by atoms with van der Waals surface area (Å²) in [7, 11) is 1.56. The van der Waals surface area contributed by atoms with E-state index in [1.807, 2.05) is 55.8 Å². The van der Waals surface area contributed by atoms with Crippen molar-refractivity contribution in [2.75, 3.05) is 0 Å². The van der Waals surface area contributed by atoms with E-state index in [9.17, 15) is 4.79 Å². The van der Waals surface area contributed by atoms with Crippen molar-refractivity contribution >= 4 is 11.3 Å². The Labute approximate surface area is 165 Å². The number of nitrogens with zero attached hydrogens (tertiary/aromatic N) is 6. The minimum Gasteiger partial charge on any atom is -0.465 e. The first kappa shape index (κ1) is 18.1. The monoisotopic (exact) mass is 394 g/mol. The third kappa shape index (κ3) is 3.44. The van der Waals surface area contributed by atoms with Gasteiger partial charge in [-0.05, 0) is 47.5 Å². The zero-order valence-electron chi connectivity index (χ0n) is 15.7. The molecule has 0 atom stereocenters. The number of thiazole rings is 1. The molecule has 9 heteroatoms. The quantitative estimate of drug-likeness (QED) is 0.517. The summed E-state index contributed by atoms with van der Waals surface area (Å²) >= 11 is 1.41. The third-order valence-corrected chi connectivity index (χ3v) is 5.08. The van der Waals surface area contributed by atoms with E-state index in [1.165, 1.54) is 20.7 Å². The minimum atomic E-state index is -0.311. The molecule has 0 amide bonds. The van der Waals surface area contributed by atoms with E-state index in [0.29, 0.717) is 10.9 Å². The summed E-state index contributed by atoms with van der Waals surface area (Å²) in [6.07, 6.45) is 1.81. The number of hydrogen-bond acceptors (Lipinski definition) is 7. The number of rotatable bonds is 5. The van der Waals surface area contributed by atoms with Gasteiger partial charge in [0.25, 0.3) is 5.19 Å². The van der Waals surface area contributed by atoms with Crippen LogP contribution in [0.5, 0.6) is 5.19 Å². The Hall–Kier alpha value is -3.33. The van der Waals surface area contributed by atoms with Crippen LogP contribution in [-0.2, 0) is 13.7 Å². The molecule has 4 rings (SSSR count). The molecule has 0 unspecified atom stereocenters. The zero-order valence-corrected chi connectivity index (χ0v) is 16.5. The molecule has 0 aliphatic heterocycles. The summed E-state index contributed by atoms with van der Waals surface area (Å²) in [6, 6.07) is 9.60. The van der Waals surface area contributed by atoms with Gasteiger partial charge in [-0.3, -0.25) is 4.98 Å². The van der Waals surface area contributed by atoms with Crippen molar-refractivity contribution in [3.8, 4) is 22.3 Å². The molecule has 0 radical (unpaired) electrons. The Kier molecular flexibility index (Phi) is 4.74. The van der Waals surface area contributed by atoms with Gasteiger partial charge in [-0.1, -0.05) is 29.5 Å². The lowest BCUT2D eigenvalue weighted by Crippen LogP contribution is -2.23. The number of aromatic nitrogens is 6. The maximum absolute atomic E-state index is 12.2. The number of aryl methyl sites for hydroxylation is 3. The Morgan fingerprint density at radius 1 is 1.11 bits per heavy atom. The molecule has 1 aromatic carbocycles. The highest BCUT2D eigenvalue weighted by atomic mass is 32.1. The van der Waals surface area contributed by atoms with E-state index < -0.39 is 0 Å². The lowest BCUT2D eigenvalue weighted by atomic mass is 10.1. The second kappa shape index (κ2) is 7.35. The van der Waals surface area contributed by atoms with Crippen LogP contribution in [0.3, 0.4) is 0 Å². The molecule has 8 nitrogen and oxygen atoms in total. The van der Waals surface area contributed by atoms with Crippen LogP contribution in [0.2, 0.25) is 0 Å². The molecular formula is C19H18N6O2S. The summed E-state index contributed by atoms with van der Waals surface area (Å²) in [4.78, 5) is 21.1. The van der Waals surface area contributed by atoms with Crippen molar-refractivity contribution in [1.82, 2.24) is 29.8 Å². The zero-order chi connectivity index (χ0) is 19.7. The smallest absolute Gasteiger partial charge is 0.368 e. The highest BCUT2D eigenvalue weighted by molar-refractivity contribution is 7.11. The van der Waals surface area contributed by atoms with Gasteiger partial charge in [-0.15, -0.1) is 0 Å². The number of tetrazole rings is 1. The lowest BCUT2D eigenvalue weighted by molar-refractivity contribution is 0.303. The second-order valence-corrected chi connectivity index (χ2v) is 7.20. The predicted molar refractivity (Wildman–Crippen MR) is 106 cm³/mol. The van der Waals surface area contributed by atoms with Crippen molar-refractivity contribution in [2.24, 2.45) is 7.05 Å². The molecule has 0 spiro atoms. The molecule has 0 aliphatic carbocycles. The summed E-state index contributed by atoms with van der Waals surface area (Å²) < 4.78 is 8.38. The fourth-order valence-electron chi connectivity index (χ4n) is 2.73. The number of ether oxygens (including phenoxy) is 1. The summed E-state index contributed by atoms with van der Waals surface area (Å²) in [5.74, 6) is 0. The van der Waals surface area contributed by atoms with Gasteiger partial charge in [-0.25, -0.2) is 9.78 Å². The number of benzene rings is 1. The van der Waals surface area contributed by atoms with Crippen LogP contribution in [0.15, 0.2) is 46.7 Å². The van der Waals surface area contributed by atoms with Gasteiger partial charge < -0.3 is 4.74 Å². The van der Waals surface area contributed by atoms with E-state index in [1.54, 1.807) is 7.05 Å². The number of hydrogen-bond donors (Lipinski definition) is 0. The van der Waals surface area contributed by atoms with Crippen LogP contribution >= 0.6 is 11.3 Å². The molecular weight excluding hydrogens is 376 g/mol. The molecule has 3 heterocycles. The van der Waals surface area contributed by atoms with Crippen LogP contribution < -0.4 is 10.4 Å². The van der Waals surface area contributed by atoms with Gasteiger partial charge in [0.1, 0.15) is 12.3 Å². The fourth-order valence-corrected chi connectivity index (χ4v) is 3.40. The van der Waals surface area contributed by atoms with E-state index in [-0.39, 0.29) is 12.3 Å². The average molecular weight is 394 g/mol. The van der Waals surface area contributed by atoms with Crippen molar-refractivity contribution in [2.45, 2.75) is 20.5 Å². The Morgan fingerprint density at radius 2 is 1.96 bits per heavy atom. The highest BCUT2D eigenvalue weighted by Crippen LogP contribution is 2.27. The summed E-state index contributed by atoms with van der Waals surface area (Å²) in [5.41, 5.74) is 4.86. The maximum atomic E-state index is 12.2. The van der Waals surface area contributed by atoms with Crippen molar-refractivity contribution < 1.29 is 4.74 Å². The molecule has 0 fully saturated rings. The SMILES string of the molecule is Cc1ccc(-c2csc(OCc3c(C)cccc3-n3nnn(C)c3=O)n2)nc1. The highest BCUT2D eigenvalue weighted by Gasteiger charge is 2.14. The first-order chi connectivity index (χ1) is 13.5. The van der Waals surface area contributed by atoms with Gasteiger partial charge >= 0.3 is 5.69 Å². The Morgan fingerprint density at radius 3 is 2.68 bits per heavy atom. The standard InChI is InChI=1S/C19H18N6O2S/c1-12-7-8-15(20-9-12)16-11-28-18(21-16)27-10-14-13(2)5-4-6-17(14)25-19(26)24(3)22-23-25/h4-9,11H,10H2,1-3H3. The molecule has 142 valence electrons. The number of pyridine rings is 1. The van der Waals surface area contributed by atoms with E-state index in [4.69, 9.17) is 4.74 Å². The molecule has 0 bridgehead atoms. The topological polar surface area (TPSA) is 87.7 Å². The normalized spacial score (nSPS) is 11.0. The van der Waals surface area contributed by atoms with E-state index in [2.05, 4.69) is 20.4 Å². The van der Waals surface area contributed by atoms with E-state index in [0.717, 1.165) is 28.1 Å².